The predicted octanol–water partition coefficient (Wildman–Crippen LogP) is 2.49. The summed E-state index contributed by atoms with van der Waals surface area (Å²) in [4.78, 5) is 4.33. The van der Waals surface area contributed by atoms with Crippen molar-refractivity contribution in [3.8, 4) is 5.75 Å². The van der Waals surface area contributed by atoms with Gasteiger partial charge < -0.3 is 10.5 Å². The van der Waals surface area contributed by atoms with Crippen LogP contribution in [0.4, 0.5) is 0 Å². The summed E-state index contributed by atoms with van der Waals surface area (Å²) >= 11 is 1.58. The van der Waals surface area contributed by atoms with Gasteiger partial charge in [-0.2, -0.15) is 0 Å². The Bertz CT molecular complexity index is 450. The molecule has 0 aliphatic rings. The van der Waals surface area contributed by atoms with Crippen molar-refractivity contribution in [3.63, 3.8) is 0 Å². The lowest BCUT2D eigenvalue weighted by atomic mass is 10.2. The molecule has 1 aromatic carbocycles. The number of thiazole rings is 1. The van der Waals surface area contributed by atoms with E-state index < -0.39 is 0 Å². The number of rotatable bonds is 4. The van der Waals surface area contributed by atoms with Gasteiger partial charge in [0.25, 0.3) is 0 Å². The first-order chi connectivity index (χ1) is 7.78. The van der Waals surface area contributed by atoms with Gasteiger partial charge in [-0.3, -0.25) is 0 Å². The first kappa shape index (κ1) is 11.1. The van der Waals surface area contributed by atoms with Gasteiger partial charge in [0.05, 0.1) is 5.69 Å². The number of ether oxygens (including phenoxy) is 1. The Labute approximate surface area is 98.9 Å². The van der Waals surface area contributed by atoms with Crippen LogP contribution < -0.4 is 10.5 Å². The molecule has 0 atom stereocenters. The molecule has 0 saturated carbocycles. The summed E-state index contributed by atoms with van der Waals surface area (Å²) in [7, 11) is 0. The Kier molecular flexibility index (Phi) is 3.54. The Morgan fingerprint density at radius 3 is 2.69 bits per heavy atom. The largest absolute Gasteiger partial charge is 0.486 e. The molecular weight excluding hydrogens is 220 g/mol. The zero-order chi connectivity index (χ0) is 11.4. The zero-order valence-electron chi connectivity index (χ0n) is 9.14. The molecule has 0 aliphatic carbocycles. The number of aromatic nitrogens is 1. The lowest BCUT2D eigenvalue weighted by Crippen LogP contribution is -1.98. The third kappa shape index (κ3) is 2.81. The number of nitrogens with zero attached hydrogens (tertiary/aromatic N) is 1. The summed E-state index contributed by atoms with van der Waals surface area (Å²) < 4.78 is 5.61. The average molecular weight is 234 g/mol. The summed E-state index contributed by atoms with van der Waals surface area (Å²) in [6.45, 7) is 3.05. The molecule has 1 heterocycles. The first-order valence-electron chi connectivity index (χ1n) is 5.11. The van der Waals surface area contributed by atoms with E-state index in [-0.39, 0.29) is 0 Å². The minimum absolute atomic E-state index is 0.487. The molecule has 2 aromatic rings. The van der Waals surface area contributed by atoms with Crippen molar-refractivity contribution in [1.29, 1.82) is 0 Å². The van der Waals surface area contributed by atoms with Gasteiger partial charge in [-0.15, -0.1) is 11.3 Å². The van der Waals surface area contributed by atoms with E-state index in [1.165, 1.54) is 5.56 Å². The monoisotopic (exact) mass is 234 g/mol. The van der Waals surface area contributed by atoms with Gasteiger partial charge in [0.2, 0.25) is 0 Å². The Morgan fingerprint density at radius 1 is 1.31 bits per heavy atom. The van der Waals surface area contributed by atoms with E-state index in [0.29, 0.717) is 13.2 Å². The van der Waals surface area contributed by atoms with Crippen molar-refractivity contribution in [2.75, 3.05) is 0 Å². The van der Waals surface area contributed by atoms with Crippen LogP contribution in [0.15, 0.2) is 29.6 Å². The van der Waals surface area contributed by atoms with Gasteiger partial charge >= 0.3 is 0 Å². The molecule has 0 saturated heterocycles. The maximum atomic E-state index is 5.61. The van der Waals surface area contributed by atoms with Gasteiger partial charge in [0.15, 0.2) is 0 Å². The molecule has 3 nitrogen and oxygen atoms in total. The molecule has 84 valence electrons. The van der Waals surface area contributed by atoms with Crippen LogP contribution in [0.25, 0.3) is 0 Å². The second kappa shape index (κ2) is 5.09. The number of benzene rings is 1. The van der Waals surface area contributed by atoms with E-state index in [2.05, 4.69) is 11.9 Å². The highest BCUT2D eigenvalue weighted by molar-refractivity contribution is 7.09. The summed E-state index contributed by atoms with van der Waals surface area (Å²) in [5.74, 6) is 0.870. The molecule has 0 spiro atoms. The van der Waals surface area contributed by atoms with Crippen LogP contribution >= 0.6 is 11.3 Å². The molecule has 0 amide bonds. The molecule has 0 radical (unpaired) electrons. The number of hydrogen-bond acceptors (Lipinski definition) is 4. The Balaban J connectivity index is 1.94. The van der Waals surface area contributed by atoms with Crippen molar-refractivity contribution in [2.45, 2.75) is 20.1 Å². The molecule has 1 aromatic heterocycles. The first-order valence-corrected chi connectivity index (χ1v) is 5.98. The molecule has 2 N–H and O–H groups in total. The summed E-state index contributed by atoms with van der Waals surface area (Å²) in [5.41, 5.74) is 7.64. The van der Waals surface area contributed by atoms with Crippen molar-refractivity contribution in [2.24, 2.45) is 5.73 Å². The van der Waals surface area contributed by atoms with Crippen molar-refractivity contribution >= 4 is 11.3 Å². The molecule has 0 aliphatic heterocycles. The molecule has 2 rings (SSSR count). The standard InChI is InChI=1S/C12H14N2OS/c1-9-2-4-11(5-3-9)15-7-12-14-10(6-13)8-16-12/h2-5,8H,6-7,13H2,1H3. The van der Waals surface area contributed by atoms with Crippen LogP contribution in [-0.2, 0) is 13.2 Å². The highest BCUT2D eigenvalue weighted by atomic mass is 32.1. The smallest absolute Gasteiger partial charge is 0.140 e. The highest BCUT2D eigenvalue weighted by Gasteiger charge is 2.01. The van der Waals surface area contributed by atoms with E-state index in [1.807, 2.05) is 29.6 Å². The van der Waals surface area contributed by atoms with Gasteiger partial charge in [0, 0.05) is 11.9 Å². The molecule has 0 unspecified atom stereocenters. The molecule has 0 bridgehead atoms. The van der Waals surface area contributed by atoms with Crippen LogP contribution in [0.2, 0.25) is 0 Å². The van der Waals surface area contributed by atoms with E-state index in [9.17, 15) is 0 Å². The average Bonchev–Trinajstić information content (AvgIpc) is 2.76. The lowest BCUT2D eigenvalue weighted by molar-refractivity contribution is 0.305. The van der Waals surface area contributed by atoms with Crippen LogP contribution in [0.3, 0.4) is 0 Å². The fraction of sp³-hybridized carbons (Fsp3) is 0.250. The maximum absolute atomic E-state index is 5.61. The molecular formula is C12H14N2OS. The van der Waals surface area contributed by atoms with E-state index >= 15 is 0 Å². The van der Waals surface area contributed by atoms with Crippen LogP contribution in [0.5, 0.6) is 5.75 Å². The van der Waals surface area contributed by atoms with Crippen molar-refractivity contribution in [3.05, 3.63) is 45.9 Å². The molecule has 0 fully saturated rings. The van der Waals surface area contributed by atoms with Gasteiger partial charge in [-0.05, 0) is 19.1 Å². The summed E-state index contributed by atoms with van der Waals surface area (Å²) in [5, 5.41) is 2.93. The topological polar surface area (TPSA) is 48.1 Å². The third-order valence-corrected chi connectivity index (χ3v) is 3.06. The minimum Gasteiger partial charge on any atom is -0.486 e. The second-order valence-electron chi connectivity index (χ2n) is 3.54. The van der Waals surface area contributed by atoms with Gasteiger partial charge in [0.1, 0.15) is 17.4 Å². The van der Waals surface area contributed by atoms with Crippen molar-refractivity contribution in [1.82, 2.24) is 4.98 Å². The van der Waals surface area contributed by atoms with Crippen molar-refractivity contribution < 1.29 is 4.74 Å². The van der Waals surface area contributed by atoms with Gasteiger partial charge in [-0.1, -0.05) is 17.7 Å². The Morgan fingerprint density at radius 2 is 2.06 bits per heavy atom. The van der Waals surface area contributed by atoms with Gasteiger partial charge in [-0.25, -0.2) is 4.98 Å². The number of hydrogen-bond donors (Lipinski definition) is 1. The third-order valence-electron chi connectivity index (χ3n) is 2.19. The summed E-state index contributed by atoms with van der Waals surface area (Å²) in [6, 6.07) is 7.99. The SMILES string of the molecule is Cc1ccc(OCc2nc(CN)cs2)cc1. The molecule has 4 heteroatoms. The van der Waals surface area contributed by atoms with Crippen LogP contribution in [0.1, 0.15) is 16.3 Å². The van der Waals surface area contributed by atoms with Crippen LogP contribution in [0, 0.1) is 6.92 Å². The minimum atomic E-state index is 0.487. The Hall–Kier alpha value is -1.39. The second-order valence-corrected chi connectivity index (χ2v) is 4.48. The van der Waals surface area contributed by atoms with E-state index in [1.54, 1.807) is 11.3 Å². The number of nitrogens with two attached hydrogens (primary N) is 1. The summed E-state index contributed by atoms with van der Waals surface area (Å²) in [6.07, 6.45) is 0. The lowest BCUT2D eigenvalue weighted by Gasteiger charge is -2.03. The fourth-order valence-electron chi connectivity index (χ4n) is 1.29. The quantitative estimate of drug-likeness (QED) is 0.884. The van der Waals surface area contributed by atoms with E-state index in [0.717, 1.165) is 16.5 Å². The predicted molar refractivity (Wildman–Crippen MR) is 65.5 cm³/mol. The highest BCUT2D eigenvalue weighted by Crippen LogP contribution is 2.15. The molecule has 16 heavy (non-hydrogen) atoms. The zero-order valence-corrected chi connectivity index (χ0v) is 9.96. The van der Waals surface area contributed by atoms with Crippen LogP contribution in [-0.4, -0.2) is 4.98 Å². The maximum Gasteiger partial charge on any atom is 0.140 e. The number of aryl methyl sites for hydroxylation is 1. The van der Waals surface area contributed by atoms with E-state index in [4.69, 9.17) is 10.5 Å². The fourth-order valence-corrected chi connectivity index (χ4v) is 2.01. The normalized spacial score (nSPS) is 10.4.